The Balaban J connectivity index is 1.67. The number of rotatable bonds is 6. The lowest BCUT2D eigenvalue weighted by Crippen LogP contribution is -2.41. The van der Waals surface area contributed by atoms with Crippen LogP contribution < -0.4 is 15.5 Å². The number of ether oxygens (including phenoxy) is 1. The van der Waals surface area contributed by atoms with Crippen molar-refractivity contribution in [3.63, 3.8) is 0 Å². The third kappa shape index (κ3) is 3.87. The van der Waals surface area contributed by atoms with Crippen LogP contribution in [0.25, 0.3) is 0 Å². The van der Waals surface area contributed by atoms with Gasteiger partial charge in [0.25, 0.3) is 0 Å². The Bertz CT molecular complexity index is 1030. The second-order valence-electron chi connectivity index (χ2n) is 7.02. The Hall–Kier alpha value is -3.00. The third-order valence-corrected chi connectivity index (χ3v) is 6.41. The van der Waals surface area contributed by atoms with Crippen molar-refractivity contribution < 1.29 is 9.53 Å². The van der Waals surface area contributed by atoms with Crippen molar-refractivity contribution in [2.45, 2.75) is 43.1 Å². The molecule has 3 aromatic rings. The van der Waals surface area contributed by atoms with Gasteiger partial charge in [-0.25, -0.2) is 4.68 Å². The van der Waals surface area contributed by atoms with E-state index in [9.17, 15) is 4.79 Å². The number of thioether (sulfide) groups is 1. The molecule has 0 aliphatic carbocycles. The molecule has 0 saturated carbocycles. The SMILES string of the molecule is CCc1ccc([C@@H]2Nn3c(CC)nnc3S[C@H]2C(=O)Nc2ccccc2OC)cc1. The summed E-state index contributed by atoms with van der Waals surface area (Å²) in [4.78, 5) is 13.3. The fraction of sp³-hybridized carbons (Fsp3) is 0.318. The van der Waals surface area contributed by atoms with E-state index >= 15 is 0 Å². The van der Waals surface area contributed by atoms with Crippen molar-refractivity contribution in [2.75, 3.05) is 17.9 Å². The highest BCUT2D eigenvalue weighted by Gasteiger charge is 2.37. The zero-order valence-electron chi connectivity index (χ0n) is 17.3. The zero-order valence-corrected chi connectivity index (χ0v) is 18.1. The molecule has 30 heavy (non-hydrogen) atoms. The number of aryl methyl sites for hydroxylation is 2. The van der Waals surface area contributed by atoms with Gasteiger partial charge in [0.1, 0.15) is 11.0 Å². The van der Waals surface area contributed by atoms with Crippen molar-refractivity contribution in [1.29, 1.82) is 0 Å². The van der Waals surface area contributed by atoms with Crippen LogP contribution in [0.2, 0.25) is 0 Å². The number of nitrogens with one attached hydrogen (secondary N) is 2. The number of nitrogens with zero attached hydrogens (tertiary/aromatic N) is 3. The second-order valence-corrected chi connectivity index (χ2v) is 8.13. The molecule has 0 fully saturated rings. The molecule has 2 heterocycles. The molecular weight excluding hydrogens is 398 g/mol. The Kier molecular flexibility index (Phi) is 5.94. The predicted molar refractivity (Wildman–Crippen MR) is 119 cm³/mol. The number of hydrogen-bond acceptors (Lipinski definition) is 6. The van der Waals surface area contributed by atoms with Crippen LogP contribution in [0.5, 0.6) is 5.75 Å². The number of anilines is 1. The van der Waals surface area contributed by atoms with Crippen molar-refractivity contribution in [2.24, 2.45) is 0 Å². The number of benzene rings is 2. The molecule has 0 saturated heterocycles. The molecule has 4 rings (SSSR count). The van der Waals surface area contributed by atoms with Gasteiger partial charge in [-0.05, 0) is 29.7 Å². The van der Waals surface area contributed by atoms with Gasteiger partial charge >= 0.3 is 0 Å². The molecule has 7 nitrogen and oxygen atoms in total. The minimum atomic E-state index is -0.427. The first kappa shape index (κ1) is 20.3. The van der Waals surface area contributed by atoms with E-state index in [0.717, 1.165) is 24.2 Å². The van der Waals surface area contributed by atoms with Gasteiger partial charge in [-0.1, -0.05) is 62.0 Å². The first-order valence-electron chi connectivity index (χ1n) is 10.0. The number of hydrogen-bond donors (Lipinski definition) is 2. The summed E-state index contributed by atoms with van der Waals surface area (Å²) in [5.41, 5.74) is 6.42. The van der Waals surface area contributed by atoms with Gasteiger partial charge in [0, 0.05) is 6.42 Å². The highest BCUT2D eigenvalue weighted by molar-refractivity contribution is 8.00. The van der Waals surface area contributed by atoms with Gasteiger partial charge in [-0.15, -0.1) is 10.2 Å². The van der Waals surface area contributed by atoms with E-state index in [-0.39, 0.29) is 11.9 Å². The summed E-state index contributed by atoms with van der Waals surface area (Å²) in [7, 11) is 1.59. The molecule has 0 radical (unpaired) electrons. The van der Waals surface area contributed by atoms with Crippen LogP contribution in [0.15, 0.2) is 53.7 Å². The lowest BCUT2D eigenvalue weighted by Gasteiger charge is -2.33. The van der Waals surface area contributed by atoms with E-state index in [4.69, 9.17) is 4.74 Å². The minimum Gasteiger partial charge on any atom is -0.495 e. The van der Waals surface area contributed by atoms with E-state index in [2.05, 4.69) is 52.1 Å². The molecule has 0 spiro atoms. The second kappa shape index (κ2) is 8.79. The Morgan fingerprint density at radius 2 is 1.90 bits per heavy atom. The number of para-hydroxylation sites is 2. The Morgan fingerprint density at radius 3 is 2.60 bits per heavy atom. The van der Waals surface area contributed by atoms with Crippen LogP contribution in [0.4, 0.5) is 5.69 Å². The fourth-order valence-corrected chi connectivity index (χ4v) is 4.59. The van der Waals surface area contributed by atoms with Gasteiger partial charge in [0.15, 0.2) is 5.82 Å². The van der Waals surface area contributed by atoms with Gasteiger partial charge in [0.05, 0.1) is 18.8 Å². The van der Waals surface area contributed by atoms with E-state index in [1.807, 2.05) is 35.9 Å². The number of aromatic nitrogens is 3. The normalized spacial score (nSPS) is 17.7. The summed E-state index contributed by atoms with van der Waals surface area (Å²) >= 11 is 1.42. The number of carbonyl (C=O) groups excluding carboxylic acids is 1. The average molecular weight is 424 g/mol. The van der Waals surface area contributed by atoms with Crippen LogP contribution in [-0.4, -0.2) is 33.1 Å². The molecule has 0 bridgehead atoms. The van der Waals surface area contributed by atoms with Crippen LogP contribution in [0.1, 0.15) is 36.8 Å². The summed E-state index contributed by atoms with van der Waals surface area (Å²) in [5, 5.41) is 11.8. The minimum absolute atomic E-state index is 0.117. The fourth-order valence-electron chi connectivity index (χ4n) is 3.49. The Labute approximate surface area is 180 Å². The summed E-state index contributed by atoms with van der Waals surface area (Å²) < 4.78 is 7.28. The molecule has 1 aromatic heterocycles. The van der Waals surface area contributed by atoms with Gasteiger partial charge in [-0.3, -0.25) is 4.79 Å². The first-order valence-corrected chi connectivity index (χ1v) is 10.9. The van der Waals surface area contributed by atoms with Crippen LogP contribution in [0, 0.1) is 0 Å². The highest BCUT2D eigenvalue weighted by atomic mass is 32.2. The largest absolute Gasteiger partial charge is 0.495 e. The highest BCUT2D eigenvalue weighted by Crippen LogP contribution is 2.38. The number of fused-ring (bicyclic) bond motifs is 1. The maximum Gasteiger partial charge on any atom is 0.240 e. The van der Waals surface area contributed by atoms with Crippen LogP contribution in [-0.2, 0) is 17.6 Å². The molecule has 0 unspecified atom stereocenters. The van der Waals surface area contributed by atoms with E-state index in [1.54, 1.807) is 7.11 Å². The summed E-state index contributed by atoms with van der Waals surface area (Å²) in [6, 6.07) is 15.6. The molecule has 1 aliphatic rings. The van der Waals surface area contributed by atoms with Gasteiger partial charge in [0.2, 0.25) is 11.1 Å². The number of methoxy groups -OCH3 is 1. The van der Waals surface area contributed by atoms with Crippen LogP contribution in [0.3, 0.4) is 0 Å². The molecule has 2 aromatic carbocycles. The van der Waals surface area contributed by atoms with Crippen molar-refractivity contribution >= 4 is 23.4 Å². The Morgan fingerprint density at radius 1 is 1.13 bits per heavy atom. The van der Waals surface area contributed by atoms with Crippen LogP contribution >= 0.6 is 11.8 Å². The van der Waals surface area contributed by atoms with E-state index in [1.165, 1.54) is 17.3 Å². The van der Waals surface area contributed by atoms with Gasteiger partial charge in [-0.2, -0.15) is 0 Å². The van der Waals surface area contributed by atoms with E-state index < -0.39 is 5.25 Å². The van der Waals surface area contributed by atoms with Crippen molar-refractivity contribution in [3.05, 3.63) is 65.5 Å². The monoisotopic (exact) mass is 423 g/mol. The summed E-state index contributed by atoms with van der Waals surface area (Å²) in [5.74, 6) is 1.35. The maximum atomic E-state index is 13.3. The lowest BCUT2D eigenvalue weighted by molar-refractivity contribution is -0.116. The van der Waals surface area contributed by atoms with Crippen molar-refractivity contribution in [1.82, 2.24) is 14.9 Å². The summed E-state index contributed by atoms with van der Waals surface area (Å²) in [6.45, 7) is 4.17. The standard InChI is InChI=1S/C22H25N5O2S/c1-4-14-10-12-15(13-11-14)19-20(30-22-25-24-18(5-2)27(22)26-19)21(28)23-16-8-6-7-9-17(16)29-3/h6-13,19-20,26H,4-5H2,1-3H3,(H,23,28)/t19-,20+/m0/s1. The predicted octanol–water partition coefficient (Wildman–Crippen LogP) is 3.81. The lowest BCUT2D eigenvalue weighted by atomic mass is 10.0. The summed E-state index contributed by atoms with van der Waals surface area (Å²) in [6.07, 6.45) is 1.72. The first-order chi connectivity index (χ1) is 14.6. The average Bonchev–Trinajstić information content (AvgIpc) is 3.20. The molecule has 8 heteroatoms. The smallest absolute Gasteiger partial charge is 0.240 e. The topological polar surface area (TPSA) is 81.1 Å². The van der Waals surface area contributed by atoms with Gasteiger partial charge < -0.3 is 15.5 Å². The maximum absolute atomic E-state index is 13.3. The third-order valence-electron chi connectivity index (χ3n) is 5.19. The van der Waals surface area contributed by atoms with E-state index in [0.29, 0.717) is 16.6 Å². The molecule has 156 valence electrons. The molecule has 2 atom stereocenters. The number of amides is 1. The quantitative estimate of drug-likeness (QED) is 0.628. The van der Waals surface area contributed by atoms with Crippen molar-refractivity contribution in [3.8, 4) is 5.75 Å². The molecular formula is C22H25N5O2S. The number of carbonyl (C=O) groups is 1. The molecule has 2 N–H and O–H groups in total. The zero-order chi connectivity index (χ0) is 21.1. The molecule has 1 aliphatic heterocycles. The molecule has 1 amide bonds.